The number of rotatable bonds is 5. The first-order chi connectivity index (χ1) is 15.9. The lowest BCUT2D eigenvalue weighted by atomic mass is 9.79. The van der Waals surface area contributed by atoms with Crippen LogP contribution in [0.2, 0.25) is 18.1 Å². The molecular weight excluding hydrogens is 446 g/mol. The molecule has 7 nitrogen and oxygen atoms in total. The molecule has 2 amide bonds. The molecule has 2 aliphatic rings. The molecule has 186 valence electrons. The highest BCUT2D eigenvalue weighted by Crippen LogP contribution is 2.40. The van der Waals surface area contributed by atoms with Crippen molar-refractivity contribution in [2.45, 2.75) is 89.4 Å². The van der Waals surface area contributed by atoms with Crippen molar-refractivity contribution in [1.29, 1.82) is 0 Å². The molecule has 1 aliphatic carbocycles. The predicted octanol–water partition coefficient (Wildman–Crippen LogP) is 4.61. The highest BCUT2D eigenvalue weighted by Gasteiger charge is 2.38. The van der Waals surface area contributed by atoms with Gasteiger partial charge in [-0.15, -0.1) is 0 Å². The molecule has 1 aromatic heterocycles. The van der Waals surface area contributed by atoms with E-state index in [4.69, 9.17) is 4.43 Å². The molecule has 1 N–H and O–H groups in total. The minimum absolute atomic E-state index is 0.215. The first-order valence-corrected chi connectivity index (χ1v) is 15.5. The zero-order valence-electron chi connectivity index (χ0n) is 21.4. The van der Waals surface area contributed by atoms with Gasteiger partial charge < -0.3 is 4.43 Å². The number of imidazole rings is 1. The van der Waals surface area contributed by atoms with Crippen molar-refractivity contribution in [2.24, 2.45) is 13.0 Å². The lowest BCUT2D eigenvalue weighted by Crippen LogP contribution is -2.44. The van der Waals surface area contributed by atoms with Gasteiger partial charge in [-0.25, -0.2) is 4.79 Å². The van der Waals surface area contributed by atoms with E-state index in [1.807, 2.05) is 6.07 Å². The maximum absolute atomic E-state index is 13.0. The summed E-state index contributed by atoms with van der Waals surface area (Å²) in [5.74, 6) is 0.421. The second kappa shape index (κ2) is 9.11. The summed E-state index contributed by atoms with van der Waals surface area (Å²) < 4.78 is 9.66. The summed E-state index contributed by atoms with van der Waals surface area (Å²) in [4.78, 5) is 37.0. The van der Waals surface area contributed by atoms with Gasteiger partial charge in [-0.05, 0) is 79.8 Å². The average Bonchev–Trinajstić information content (AvgIpc) is 3.02. The van der Waals surface area contributed by atoms with E-state index in [1.54, 1.807) is 16.2 Å². The van der Waals surface area contributed by atoms with Crippen LogP contribution in [0.3, 0.4) is 0 Å². The van der Waals surface area contributed by atoms with E-state index in [0.717, 1.165) is 43.3 Å². The lowest BCUT2D eigenvalue weighted by Gasteiger charge is -2.38. The first kappa shape index (κ1) is 24.9. The Balaban J connectivity index is 1.47. The van der Waals surface area contributed by atoms with Crippen molar-refractivity contribution in [3.05, 3.63) is 34.2 Å². The Labute approximate surface area is 203 Å². The number of imide groups is 1. The molecule has 2 heterocycles. The second-order valence-electron chi connectivity index (χ2n) is 11.7. The maximum atomic E-state index is 13.0. The summed E-state index contributed by atoms with van der Waals surface area (Å²) >= 11 is 0. The number of piperidine rings is 1. The molecule has 1 aliphatic heterocycles. The average molecular weight is 486 g/mol. The van der Waals surface area contributed by atoms with Crippen LogP contribution in [-0.2, 0) is 21.1 Å². The largest absolute Gasteiger partial charge is 0.417 e. The fourth-order valence-corrected chi connectivity index (χ4v) is 6.15. The molecule has 1 atom stereocenters. The van der Waals surface area contributed by atoms with Crippen LogP contribution in [0.25, 0.3) is 11.0 Å². The second-order valence-corrected chi connectivity index (χ2v) is 16.5. The normalized spacial score (nSPS) is 24.5. The number of benzene rings is 1. The molecule has 34 heavy (non-hydrogen) atoms. The first-order valence-electron chi connectivity index (χ1n) is 12.6. The molecule has 0 radical (unpaired) electrons. The van der Waals surface area contributed by atoms with E-state index >= 15 is 0 Å². The van der Waals surface area contributed by atoms with Crippen LogP contribution in [0.4, 0.5) is 0 Å². The number of amides is 2. The quantitative estimate of drug-likeness (QED) is 0.495. The lowest BCUT2D eigenvalue weighted by molar-refractivity contribution is -0.135. The van der Waals surface area contributed by atoms with Gasteiger partial charge in [-0.1, -0.05) is 26.8 Å². The molecule has 0 spiro atoms. The number of hydrogen-bond acceptors (Lipinski definition) is 4. The van der Waals surface area contributed by atoms with Gasteiger partial charge in [-0.3, -0.25) is 24.0 Å². The Morgan fingerprint density at radius 2 is 1.71 bits per heavy atom. The van der Waals surface area contributed by atoms with Gasteiger partial charge in [0.05, 0.1) is 11.0 Å². The van der Waals surface area contributed by atoms with E-state index in [-0.39, 0.29) is 23.1 Å². The van der Waals surface area contributed by atoms with Crippen LogP contribution in [0, 0.1) is 5.92 Å². The number of nitrogens with zero attached hydrogens (tertiary/aromatic N) is 2. The molecule has 1 saturated heterocycles. The zero-order valence-corrected chi connectivity index (χ0v) is 22.4. The van der Waals surface area contributed by atoms with Crippen LogP contribution >= 0.6 is 0 Å². The number of carbonyl (C=O) groups excluding carboxylic acids is 2. The summed E-state index contributed by atoms with van der Waals surface area (Å²) in [5, 5.41) is 2.61. The van der Waals surface area contributed by atoms with Crippen LogP contribution in [0.15, 0.2) is 23.0 Å². The number of aromatic nitrogens is 2. The standard InChI is InChI=1S/C26H39N3O4Si/c1-26(2,3)34(5,6)33-16-17-7-9-18(10-8-17)19-11-12-20-22(15-19)28(4)25(32)29(20)21-13-14-23(30)27-24(21)31/h11-12,15,17-18,21H,7-10,13-14,16H2,1-6H3,(H,27,30,31). The molecule has 1 saturated carbocycles. The Hall–Kier alpha value is -2.19. The van der Waals surface area contributed by atoms with Gasteiger partial charge >= 0.3 is 5.69 Å². The van der Waals surface area contributed by atoms with Crippen LogP contribution in [-0.4, -0.2) is 35.9 Å². The summed E-state index contributed by atoms with van der Waals surface area (Å²) in [6, 6.07) is 5.57. The van der Waals surface area contributed by atoms with E-state index in [9.17, 15) is 14.4 Å². The number of carbonyl (C=O) groups is 2. The molecule has 2 aromatic rings. The fraction of sp³-hybridized carbons (Fsp3) is 0.654. The van der Waals surface area contributed by atoms with Gasteiger partial charge in [0.25, 0.3) is 0 Å². The van der Waals surface area contributed by atoms with Gasteiger partial charge in [0, 0.05) is 20.1 Å². The third-order valence-electron chi connectivity index (χ3n) is 8.44. The SMILES string of the molecule is Cn1c(=O)n(C2CCC(=O)NC2=O)c2ccc(C3CCC(CO[Si](C)(C)C(C)(C)C)CC3)cc21. The molecule has 4 rings (SSSR count). The minimum atomic E-state index is -1.71. The monoisotopic (exact) mass is 485 g/mol. The predicted molar refractivity (Wildman–Crippen MR) is 136 cm³/mol. The topological polar surface area (TPSA) is 82.3 Å². The number of hydrogen-bond donors (Lipinski definition) is 1. The molecular formula is C26H39N3O4Si. The van der Waals surface area contributed by atoms with Gasteiger partial charge in [0.1, 0.15) is 6.04 Å². The van der Waals surface area contributed by atoms with Crippen LogP contribution in [0.1, 0.15) is 76.8 Å². The summed E-state index contributed by atoms with van der Waals surface area (Å²) in [7, 11) is 0.0411. The highest BCUT2D eigenvalue weighted by molar-refractivity contribution is 6.74. The third kappa shape index (κ3) is 4.67. The Kier molecular flexibility index (Phi) is 6.68. The molecule has 1 unspecified atom stereocenters. The molecule has 2 fully saturated rings. The summed E-state index contributed by atoms with van der Waals surface area (Å²) in [6.07, 6.45) is 5.17. The maximum Gasteiger partial charge on any atom is 0.329 e. The number of aryl methyl sites for hydroxylation is 1. The van der Waals surface area contributed by atoms with Crippen molar-refractivity contribution in [3.8, 4) is 0 Å². The fourth-order valence-electron chi connectivity index (χ4n) is 5.07. The third-order valence-corrected chi connectivity index (χ3v) is 12.9. The molecule has 0 bridgehead atoms. The Morgan fingerprint density at radius 1 is 1.03 bits per heavy atom. The van der Waals surface area contributed by atoms with Crippen LogP contribution in [0.5, 0.6) is 0 Å². The van der Waals surface area contributed by atoms with Crippen molar-refractivity contribution in [3.63, 3.8) is 0 Å². The molecule has 8 heteroatoms. The van der Waals surface area contributed by atoms with Gasteiger partial charge in [-0.2, -0.15) is 0 Å². The smallest absolute Gasteiger partial charge is 0.329 e. The Morgan fingerprint density at radius 3 is 2.32 bits per heavy atom. The Bertz CT molecular complexity index is 1150. The van der Waals surface area contributed by atoms with Gasteiger partial charge in [0.15, 0.2) is 8.32 Å². The summed E-state index contributed by atoms with van der Waals surface area (Å²) in [6.45, 7) is 12.4. The van der Waals surface area contributed by atoms with Crippen LogP contribution < -0.4 is 11.0 Å². The van der Waals surface area contributed by atoms with Crippen molar-refractivity contribution >= 4 is 31.2 Å². The van der Waals surface area contributed by atoms with Crippen molar-refractivity contribution < 1.29 is 14.0 Å². The number of fused-ring (bicyclic) bond motifs is 1. The van der Waals surface area contributed by atoms with E-state index in [1.165, 1.54) is 5.56 Å². The van der Waals surface area contributed by atoms with E-state index < -0.39 is 20.3 Å². The molecule has 1 aromatic carbocycles. The van der Waals surface area contributed by atoms with Crippen molar-refractivity contribution in [1.82, 2.24) is 14.5 Å². The summed E-state index contributed by atoms with van der Waals surface area (Å²) in [5.41, 5.74) is 2.64. The number of nitrogens with one attached hydrogen (secondary N) is 1. The van der Waals surface area contributed by atoms with Crippen molar-refractivity contribution in [2.75, 3.05) is 6.61 Å². The van der Waals surface area contributed by atoms with E-state index in [0.29, 0.717) is 18.3 Å². The highest BCUT2D eigenvalue weighted by atomic mass is 28.4. The van der Waals surface area contributed by atoms with E-state index in [2.05, 4.69) is 51.3 Å². The van der Waals surface area contributed by atoms with Gasteiger partial charge in [0.2, 0.25) is 11.8 Å². The zero-order chi connectivity index (χ0) is 24.8. The minimum Gasteiger partial charge on any atom is -0.417 e.